The summed E-state index contributed by atoms with van der Waals surface area (Å²) >= 11 is 0.986. The lowest BCUT2D eigenvalue weighted by Crippen LogP contribution is -2.17. The average molecular weight is 437 g/mol. The van der Waals surface area contributed by atoms with E-state index in [0.29, 0.717) is 17.1 Å². The lowest BCUT2D eigenvalue weighted by molar-refractivity contribution is 0.0996. The van der Waals surface area contributed by atoms with Gasteiger partial charge in [-0.1, -0.05) is 29.4 Å². The van der Waals surface area contributed by atoms with E-state index in [1.165, 1.54) is 7.11 Å². The minimum Gasteiger partial charge on any atom is -0.497 e. The molecule has 1 unspecified atom stereocenters. The third kappa shape index (κ3) is 5.82. The van der Waals surface area contributed by atoms with Gasteiger partial charge in [-0.3, -0.25) is 9.59 Å². The van der Waals surface area contributed by atoms with Crippen molar-refractivity contribution in [2.24, 2.45) is 5.73 Å². The first-order valence-corrected chi connectivity index (χ1v) is 9.87. The van der Waals surface area contributed by atoms with Crippen LogP contribution < -0.4 is 20.5 Å². The number of benzene rings is 1. The first kappa shape index (κ1) is 21.8. The third-order valence-electron chi connectivity index (χ3n) is 4.00. The summed E-state index contributed by atoms with van der Waals surface area (Å²) in [7, 11) is 1.53. The number of nitrogens with zero attached hydrogens (tertiary/aromatic N) is 1. The number of amides is 2. The summed E-state index contributed by atoms with van der Waals surface area (Å²) in [5.41, 5.74) is 5.70. The van der Waals surface area contributed by atoms with Crippen LogP contribution in [0.3, 0.4) is 0 Å². The number of methoxy groups -OCH3 is 1. The van der Waals surface area contributed by atoms with E-state index in [0.717, 1.165) is 11.3 Å². The van der Waals surface area contributed by atoms with Gasteiger partial charge >= 0.3 is 0 Å². The van der Waals surface area contributed by atoms with Gasteiger partial charge < -0.3 is 25.3 Å². The molecule has 8 nitrogen and oxygen atoms in total. The van der Waals surface area contributed by atoms with Crippen LogP contribution in [0.2, 0.25) is 0 Å². The van der Waals surface area contributed by atoms with E-state index in [2.05, 4.69) is 16.2 Å². The molecule has 3 rings (SSSR count). The molecular weight excluding hydrogens is 418 g/mol. The van der Waals surface area contributed by atoms with Crippen molar-refractivity contribution in [2.75, 3.05) is 19.0 Å². The van der Waals surface area contributed by atoms with Crippen molar-refractivity contribution in [3.05, 3.63) is 71.7 Å². The van der Waals surface area contributed by atoms with Gasteiger partial charge in [0.1, 0.15) is 23.1 Å². The van der Waals surface area contributed by atoms with Crippen LogP contribution in [0.25, 0.3) is 0 Å². The van der Waals surface area contributed by atoms with Crippen LogP contribution in [0.15, 0.2) is 60.4 Å². The predicted octanol–water partition coefficient (Wildman–Crippen LogP) is 2.91. The highest BCUT2D eigenvalue weighted by Gasteiger charge is 2.20. The van der Waals surface area contributed by atoms with Gasteiger partial charge in [-0.15, -0.1) is 6.42 Å². The second-order valence-corrected chi connectivity index (χ2v) is 7.06. The monoisotopic (exact) mass is 437 g/mol. The van der Waals surface area contributed by atoms with E-state index in [4.69, 9.17) is 26.4 Å². The second kappa shape index (κ2) is 10.2. The fraction of sp³-hybridized carbons (Fsp3) is 0.136. The highest BCUT2D eigenvalue weighted by atomic mass is 32.1. The maximum absolute atomic E-state index is 12.5. The molecule has 1 heterocycles. The molecule has 0 aliphatic heterocycles. The smallest absolute Gasteiger partial charge is 0.281 e. The highest BCUT2D eigenvalue weighted by Crippen LogP contribution is 2.32. The lowest BCUT2D eigenvalue weighted by Gasteiger charge is -2.05. The number of carbonyl (C=O) groups excluding carboxylic acids is 2. The molecule has 2 aromatic rings. The van der Waals surface area contributed by atoms with Gasteiger partial charge in [0.25, 0.3) is 17.0 Å². The second-order valence-electron chi connectivity index (χ2n) is 6.10. The van der Waals surface area contributed by atoms with Crippen molar-refractivity contribution in [2.45, 2.75) is 6.10 Å². The number of hydrogen-bond donors (Lipinski definition) is 2. The fourth-order valence-corrected chi connectivity index (χ4v) is 3.34. The van der Waals surface area contributed by atoms with Crippen LogP contribution in [-0.2, 0) is 4.74 Å². The fourth-order valence-electron chi connectivity index (χ4n) is 2.51. The van der Waals surface area contributed by atoms with E-state index >= 15 is 0 Å². The summed E-state index contributed by atoms with van der Waals surface area (Å²) in [6.45, 7) is 0.182. The molecule has 1 atom stereocenters. The zero-order valence-electron chi connectivity index (χ0n) is 16.5. The van der Waals surface area contributed by atoms with Crippen LogP contribution in [0.5, 0.6) is 10.9 Å². The van der Waals surface area contributed by atoms with Crippen molar-refractivity contribution in [1.82, 2.24) is 4.98 Å². The Morgan fingerprint density at radius 1 is 1.29 bits per heavy atom. The van der Waals surface area contributed by atoms with E-state index in [1.807, 2.05) is 0 Å². The minimum atomic E-state index is -0.788. The topological polar surface area (TPSA) is 113 Å². The third-order valence-corrected chi connectivity index (χ3v) is 4.84. The molecule has 31 heavy (non-hydrogen) atoms. The van der Waals surface area contributed by atoms with Crippen LogP contribution in [-0.4, -0.2) is 36.6 Å². The van der Waals surface area contributed by atoms with E-state index < -0.39 is 11.8 Å². The molecule has 1 aromatic heterocycles. The lowest BCUT2D eigenvalue weighted by atomic mass is 10.2. The summed E-state index contributed by atoms with van der Waals surface area (Å²) in [5, 5.41) is 2.98. The van der Waals surface area contributed by atoms with Gasteiger partial charge in [0.2, 0.25) is 0 Å². The van der Waals surface area contributed by atoms with Crippen molar-refractivity contribution >= 4 is 28.2 Å². The van der Waals surface area contributed by atoms with E-state index in [9.17, 15) is 9.59 Å². The van der Waals surface area contributed by atoms with Gasteiger partial charge in [0.05, 0.1) is 13.2 Å². The van der Waals surface area contributed by atoms with Gasteiger partial charge in [-0.25, -0.2) is 0 Å². The minimum absolute atomic E-state index is 0.0918. The molecule has 1 aromatic carbocycles. The normalized spacial score (nSPS) is 14.8. The molecule has 0 radical (unpaired) electrons. The van der Waals surface area contributed by atoms with Crippen LogP contribution in [0.1, 0.15) is 20.8 Å². The Kier molecular flexibility index (Phi) is 7.22. The number of nitrogens with two attached hydrogens (primary N) is 1. The number of allylic oxidation sites excluding steroid dienone is 3. The number of hydrogen-bond acceptors (Lipinski definition) is 7. The standard InChI is InChI=1S/C22H19N3O5S/c1-3-13-29-16-5-4-6-17(12-11-16)30-22-24-18(19(23)26)21(31-22)25-20(27)14-7-9-15(28-2)10-8-14/h1,4-12,16H,13H2,2H3,(H2,23,26)(H,25,27). The largest absolute Gasteiger partial charge is 0.497 e. The first-order chi connectivity index (χ1) is 15.0. The summed E-state index contributed by atoms with van der Waals surface area (Å²) in [6, 6.07) is 6.51. The van der Waals surface area contributed by atoms with Crippen molar-refractivity contribution in [3.8, 4) is 23.3 Å². The van der Waals surface area contributed by atoms with Crippen molar-refractivity contribution in [3.63, 3.8) is 0 Å². The SMILES string of the molecule is C#CCOC1C=CC=C(Oc2nc(C(N)=O)c(NC(=O)c3ccc(OC)cc3)s2)C=C1. The molecule has 2 amide bonds. The maximum Gasteiger partial charge on any atom is 0.281 e. The molecule has 0 saturated carbocycles. The molecule has 0 spiro atoms. The van der Waals surface area contributed by atoms with Gasteiger partial charge in [-0.2, -0.15) is 4.98 Å². The summed E-state index contributed by atoms with van der Waals surface area (Å²) in [4.78, 5) is 28.4. The Morgan fingerprint density at radius 3 is 2.74 bits per heavy atom. The van der Waals surface area contributed by atoms with Crippen LogP contribution in [0, 0.1) is 12.3 Å². The van der Waals surface area contributed by atoms with Crippen molar-refractivity contribution in [1.29, 1.82) is 0 Å². The van der Waals surface area contributed by atoms with Gasteiger partial charge in [0.15, 0.2) is 5.69 Å². The number of carbonyl (C=O) groups is 2. The predicted molar refractivity (Wildman–Crippen MR) is 117 cm³/mol. The molecule has 3 N–H and O–H groups in total. The molecule has 1 aliphatic carbocycles. The zero-order valence-corrected chi connectivity index (χ0v) is 17.3. The van der Waals surface area contributed by atoms with E-state index in [1.54, 1.807) is 54.6 Å². The Bertz CT molecular complexity index is 1090. The molecule has 0 fully saturated rings. The number of rotatable bonds is 8. The Morgan fingerprint density at radius 2 is 2.06 bits per heavy atom. The quantitative estimate of drug-likeness (QED) is 0.614. The van der Waals surface area contributed by atoms with Gasteiger partial charge in [-0.05, 0) is 42.5 Å². The Labute approximate surface area is 183 Å². The number of aromatic nitrogens is 1. The Balaban J connectivity index is 1.74. The maximum atomic E-state index is 12.5. The molecule has 1 aliphatic rings. The first-order valence-electron chi connectivity index (χ1n) is 9.05. The molecule has 0 bridgehead atoms. The van der Waals surface area contributed by atoms with Crippen LogP contribution >= 0.6 is 11.3 Å². The molecule has 9 heteroatoms. The number of terminal acetylenes is 1. The number of nitrogens with one attached hydrogen (secondary N) is 1. The Hall–Kier alpha value is -3.87. The van der Waals surface area contributed by atoms with E-state index in [-0.39, 0.29) is 28.6 Å². The van der Waals surface area contributed by atoms with Crippen molar-refractivity contribution < 1.29 is 23.8 Å². The number of anilines is 1. The summed E-state index contributed by atoms with van der Waals surface area (Å²) in [5.74, 6) is 2.27. The number of ether oxygens (including phenoxy) is 3. The number of primary amides is 1. The zero-order chi connectivity index (χ0) is 22.2. The number of thiazole rings is 1. The average Bonchev–Trinajstić information content (AvgIpc) is 3.03. The summed E-state index contributed by atoms with van der Waals surface area (Å²) in [6.07, 6.45) is 13.6. The van der Waals surface area contributed by atoms with Crippen LogP contribution in [0.4, 0.5) is 5.00 Å². The van der Waals surface area contributed by atoms with Gasteiger partial charge in [0, 0.05) is 5.56 Å². The highest BCUT2D eigenvalue weighted by molar-refractivity contribution is 7.18. The molecule has 0 saturated heterocycles. The molecule has 158 valence electrons. The summed E-state index contributed by atoms with van der Waals surface area (Å²) < 4.78 is 16.3. The molecular formula is C22H19N3O5S.